The molecule has 0 spiro atoms. The summed E-state index contributed by atoms with van der Waals surface area (Å²) < 4.78 is 0. The number of nitriles is 1. The van der Waals surface area contributed by atoms with Gasteiger partial charge >= 0.3 is 0 Å². The van der Waals surface area contributed by atoms with Crippen LogP contribution in [0.25, 0.3) is 0 Å². The number of pyridine rings is 1. The van der Waals surface area contributed by atoms with Crippen LogP contribution >= 0.6 is 12.4 Å². The first-order valence-corrected chi connectivity index (χ1v) is 3.45. The van der Waals surface area contributed by atoms with E-state index in [0.717, 1.165) is 5.82 Å². The van der Waals surface area contributed by atoms with E-state index in [1.54, 1.807) is 6.20 Å². The molecule has 0 aliphatic carbocycles. The SMILES string of the molecule is Cl.N#CCCNc1ccccn1. The fourth-order valence-electron chi connectivity index (χ4n) is 0.714. The van der Waals surface area contributed by atoms with Crippen LogP contribution < -0.4 is 5.32 Å². The van der Waals surface area contributed by atoms with E-state index in [2.05, 4.69) is 10.3 Å². The molecule has 0 amide bonds. The summed E-state index contributed by atoms with van der Waals surface area (Å²) in [6.45, 7) is 0.660. The van der Waals surface area contributed by atoms with E-state index in [1.807, 2.05) is 24.3 Å². The third kappa shape index (κ3) is 3.79. The van der Waals surface area contributed by atoms with E-state index in [9.17, 15) is 0 Å². The van der Waals surface area contributed by atoms with E-state index >= 15 is 0 Å². The predicted octanol–water partition coefficient (Wildman–Crippen LogP) is 1.83. The first-order chi connectivity index (χ1) is 5.43. The molecular weight excluding hydrogens is 174 g/mol. The van der Waals surface area contributed by atoms with E-state index in [1.165, 1.54) is 0 Å². The lowest BCUT2D eigenvalue weighted by Gasteiger charge is -1.99. The Morgan fingerprint density at radius 3 is 2.92 bits per heavy atom. The third-order valence-corrected chi connectivity index (χ3v) is 1.21. The zero-order valence-corrected chi connectivity index (χ0v) is 7.34. The fraction of sp³-hybridized carbons (Fsp3) is 0.250. The van der Waals surface area contributed by atoms with Crippen LogP contribution in [0.1, 0.15) is 6.42 Å². The molecule has 0 saturated carbocycles. The maximum absolute atomic E-state index is 8.23. The second-order valence-corrected chi connectivity index (χ2v) is 2.05. The van der Waals surface area contributed by atoms with E-state index in [-0.39, 0.29) is 12.4 Å². The van der Waals surface area contributed by atoms with Crippen LogP contribution in [-0.2, 0) is 0 Å². The minimum absolute atomic E-state index is 0. The van der Waals surface area contributed by atoms with Crippen LogP contribution in [0.2, 0.25) is 0 Å². The highest BCUT2D eigenvalue weighted by molar-refractivity contribution is 5.85. The molecule has 12 heavy (non-hydrogen) atoms. The van der Waals surface area contributed by atoms with Crippen molar-refractivity contribution in [3.8, 4) is 6.07 Å². The topological polar surface area (TPSA) is 48.7 Å². The highest BCUT2D eigenvalue weighted by atomic mass is 35.5. The summed E-state index contributed by atoms with van der Waals surface area (Å²) in [6.07, 6.45) is 2.23. The van der Waals surface area contributed by atoms with E-state index in [0.29, 0.717) is 13.0 Å². The molecule has 1 heterocycles. The van der Waals surface area contributed by atoms with Crippen LogP contribution in [-0.4, -0.2) is 11.5 Å². The molecule has 1 aromatic rings. The molecule has 0 radical (unpaired) electrons. The maximum atomic E-state index is 8.23. The Kier molecular flexibility index (Phi) is 5.76. The number of halogens is 1. The first-order valence-electron chi connectivity index (χ1n) is 3.45. The molecule has 1 N–H and O–H groups in total. The van der Waals surface area contributed by atoms with Crippen molar-refractivity contribution in [2.75, 3.05) is 11.9 Å². The lowest BCUT2D eigenvalue weighted by Crippen LogP contribution is -2.01. The largest absolute Gasteiger partial charge is 0.369 e. The van der Waals surface area contributed by atoms with Crippen molar-refractivity contribution in [2.24, 2.45) is 0 Å². The van der Waals surface area contributed by atoms with Crippen molar-refractivity contribution in [1.29, 1.82) is 5.26 Å². The fourth-order valence-corrected chi connectivity index (χ4v) is 0.714. The summed E-state index contributed by atoms with van der Waals surface area (Å²) in [5.74, 6) is 0.822. The van der Waals surface area contributed by atoms with Gasteiger partial charge in [-0.3, -0.25) is 0 Å². The number of aromatic nitrogens is 1. The highest BCUT2D eigenvalue weighted by Crippen LogP contribution is 1.98. The Labute approximate surface area is 77.8 Å². The van der Waals surface area contributed by atoms with Gasteiger partial charge in [0, 0.05) is 12.7 Å². The van der Waals surface area contributed by atoms with Crippen LogP contribution in [0.5, 0.6) is 0 Å². The van der Waals surface area contributed by atoms with Gasteiger partial charge in [-0.1, -0.05) is 6.07 Å². The van der Waals surface area contributed by atoms with Gasteiger partial charge in [0.25, 0.3) is 0 Å². The minimum atomic E-state index is 0. The lowest BCUT2D eigenvalue weighted by atomic mass is 10.4. The van der Waals surface area contributed by atoms with Gasteiger partial charge in [0.2, 0.25) is 0 Å². The Morgan fingerprint density at radius 2 is 2.33 bits per heavy atom. The molecule has 0 unspecified atom stereocenters. The Morgan fingerprint density at radius 1 is 1.50 bits per heavy atom. The molecule has 3 nitrogen and oxygen atoms in total. The van der Waals surface area contributed by atoms with Crippen LogP contribution in [0.3, 0.4) is 0 Å². The van der Waals surface area contributed by atoms with Gasteiger partial charge < -0.3 is 5.32 Å². The van der Waals surface area contributed by atoms with Crippen molar-refractivity contribution < 1.29 is 0 Å². The molecule has 0 saturated heterocycles. The van der Waals surface area contributed by atoms with Gasteiger partial charge in [0.1, 0.15) is 5.82 Å². The Balaban J connectivity index is 0.00000121. The summed E-state index contributed by atoms with van der Waals surface area (Å²) >= 11 is 0. The van der Waals surface area contributed by atoms with Gasteiger partial charge in [-0.15, -0.1) is 12.4 Å². The standard InChI is InChI=1S/C8H9N3.ClH/c9-5-3-7-11-8-4-1-2-6-10-8;/h1-2,4,6H,3,7H2,(H,10,11);1H. The normalized spacial score (nSPS) is 7.92. The van der Waals surface area contributed by atoms with Crippen molar-refractivity contribution >= 4 is 18.2 Å². The van der Waals surface area contributed by atoms with Crippen molar-refractivity contribution in [1.82, 2.24) is 4.98 Å². The summed E-state index contributed by atoms with van der Waals surface area (Å²) in [7, 11) is 0. The number of anilines is 1. The number of nitrogens with one attached hydrogen (secondary N) is 1. The number of hydrogen-bond donors (Lipinski definition) is 1. The molecule has 0 atom stereocenters. The molecule has 0 bridgehead atoms. The second-order valence-electron chi connectivity index (χ2n) is 2.05. The summed E-state index contributed by atoms with van der Waals surface area (Å²) in [4.78, 5) is 4.03. The van der Waals surface area contributed by atoms with E-state index < -0.39 is 0 Å². The number of nitrogens with zero attached hydrogens (tertiary/aromatic N) is 2. The minimum Gasteiger partial charge on any atom is -0.369 e. The van der Waals surface area contributed by atoms with Crippen molar-refractivity contribution in [3.05, 3.63) is 24.4 Å². The first kappa shape index (κ1) is 10.7. The van der Waals surface area contributed by atoms with Gasteiger partial charge in [0.05, 0.1) is 12.5 Å². The molecule has 1 aromatic heterocycles. The Bertz CT molecular complexity index is 242. The summed E-state index contributed by atoms with van der Waals surface area (Å²) in [5, 5.41) is 11.2. The molecule has 64 valence electrons. The van der Waals surface area contributed by atoms with Crippen LogP contribution in [0.15, 0.2) is 24.4 Å². The Hall–Kier alpha value is -1.27. The van der Waals surface area contributed by atoms with Gasteiger partial charge in [0.15, 0.2) is 0 Å². The van der Waals surface area contributed by atoms with Crippen LogP contribution in [0.4, 0.5) is 5.82 Å². The smallest absolute Gasteiger partial charge is 0.125 e. The molecule has 1 rings (SSSR count). The zero-order valence-electron chi connectivity index (χ0n) is 6.53. The number of hydrogen-bond acceptors (Lipinski definition) is 3. The summed E-state index contributed by atoms with van der Waals surface area (Å²) in [5.41, 5.74) is 0. The monoisotopic (exact) mass is 183 g/mol. The zero-order chi connectivity index (χ0) is 7.94. The average molecular weight is 184 g/mol. The second kappa shape index (κ2) is 6.44. The van der Waals surface area contributed by atoms with Crippen molar-refractivity contribution in [2.45, 2.75) is 6.42 Å². The quantitative estimate of drug-likeness (QED) is 0.728. The maximum Gasteiger partial charge on any atom is 0.125 e. The lowest BCUT2D eigenvalue weighted by molar-refractivity contribution is 1.06. The molecule has 0 fully saturated rings. The molecule has 0 aliphatic rings. The molecule has 0 aromatic carbocycles. The van der Waals surface area contributed by atoms with Gasteiger partial charge in [-0.25, -0.2) is 4.98 Å². The highest BCUT2D eigenvalue weighted by Gasteiger charge is 1.87. The molecule has 0 aliphatic heterocycles. The van der Waals surface area contributed by atoms with Crippen molar-refractivity contribution in [3.63, 3.8) is 0 Å². The van der Waals surface area contributed by atoms with Gasteiger partial charge in [-0.2, -0.15) is 5.26 Å². The van der Waals surface area contributed by atoms with E-state index in [4.69, 9.17) is 5.26 Å². The third-order valence-electron chi connectivity index (χ3n) is 1.21. The molecular formula is C8H10ClN3. The summed E-state index contributed by atoms with van der Waals surface area (Å²) in [6, 6.07) is 7.68. The predicted molar refractivity (Wildman–Crippen MR) is 50.2 cm³/mol. The number of rotatable bonds is 3. The van der Waals surface area contributed by atoms with Gasteiger partial charge in [-0.05, 0) is 12.1 Å². The molecule has 4 heteroatoms. The average Bonchev–Trinajstić information content (AvgIpc) is 2.07. The van der Waals surface area contributed by atoms with Crippen LogP contribution in [0, 0.1) is 11.3 Å².